The monoisotopic (exact) mass is 396 g/mol. The molecule has 0 unspecified atom stereocenters. The van der Waals surface area contributed by atoms with Gasteiger partial charge in [-0.25, -0.2) is 0 Å². The van der Waals surface area contributed by atoms with Gasteiger partial charge in [0.05, 0.1) is 16.7 Å². The number of rotatable bonds is 4. The van der Waals surface area contributed by atoms with Crippen molar-refractivity contribution in [2.45, 2.75) is 12.4 Å². The highest BCUT2D eigenvalue weighted by Gasteiger charge is 2.35. The van der Waals surface area contributed by atoms with E-state index in [0.717, 1.165) is 18.2 Å². The number of benzene rings is 2. The predicted octanol–water partition coefficient (Wildman–Crippen LogP) is 4.91. The number of phenolic OH excluding ortho intramolecular Hbond substituents is 1. The van der Waals surface area contributed by atoms with Gasteiger partial charge < -0.3 is 14.6 Å². The van der Waals surface area contributed by atoms with Crippen LogP contribution in [0, 0.1) is 0 Å². The molecule has 0 bridgehead atoms. The number of methoxy groups -OCH3 is 1. The lowest BCUT2D eigenvalue weighted by molar-refractivity contribution is -0.140. The third kappa shape index (κ3) is 6.48. The van der Waals surface area contributed by atoms with Gasteiger partial charge in [-0.15, -0.1) is 0 Å². The summed E-state index contributed by atoms with van der Waals surface area (Å²) in [7, 11) is 1.34. The second-order valence-corrected chi connectivity index (χ2v) is 4.90. The van der Waals surface area contributed by atoms with E-state index in [2.05, 4.69) is 4.74 Å². The van der Waals surface area contributed by atoms with E-state index in [9.17, 15) is 31.1 Å². The van der Waals surface area contributed by atoms with Crippen LogP contribution in [-0.4, -0.2) is 25.3 Å². The number of aldehydes is 1. The van der Waals surface area contributed by atoms with Crippen molar-refractivity contribution in [3.8, 4) is 11.5 Å². The molecule has 0 heterocycles. The highest BCUT2D eigenvalue weighted by Crippen LogP contribution is 2.37. The first kappa shape index (κ1) is 22.3. The summed E-state index contributed by atoms with van der Waals surface area (Å²) in [5.74, 6) is -1.24. The Labute approximate surface area is 149 Å². The first-order valence-electron chi connectivity index (χ1n) is 7.14. The molecule has 27 heavy (non-hydrogen) atoms. The lowest BCUT2D eigenvalue weighted by Crippen LogP contribution is -2.09. The quantitative estimate of drug-likeness (QED) is 0.453. The molecule has 0 aliphatic carbocycles. The third-order valence-electron chi connectivity index (χ3n) is 3.02. The fourth-order valence-electron chi connectivity index (χ4n) is 1.83. The summed E-state index contributed by atoms with van der Waals surface area (Å²) >= 11 is 0. The van der Waals surface area contributed by atoms with Gasteiger partial charge in [-0.2, -0.15) is 26.3 Å². The molecule has 0 atom stereocenters. The molecule has 0 aliphatic heterocycles. The number of para-hydroxylation sites is 2. The lowest BCUT2D eigenvalue weighted by atomic mass is 10.1. The molecule has 0 saturated carbocycles. The largest absolute Gasteiger partial charge is 0.507 e. The summed E-state index contributed by atoms with van der Waals surface area (Å²) < 4.78 is 82.6. The molecule has 1 N–H and O–H groups in total. The van der Waals surface area contributed by atoms with Crippen LogP contribution in [0.5, 0.6) is 11.5 Å². The average molecular weight is 396 g/mol. The summed E-state index contributed by atoms with van der Waals surface area (Å²) in [6.07, 6.45) is -8.86. The van der Waals surface area contributed by atoms with Crippen molar-refractivity contribution in [3.63, 3.8) is 0 Å². The van der Waals surface area contributed by atoms with Gasteiger partial charge in [-0.3, -0.25) is 4.79 Å². The fraction of sp³-hybridized carbons (Fsp3) is 0.235. The van der Waals surface area contributed by atoms with Crippen molar-refractivity contribution < 1.29 is 45.7 Å². The number of halogens is 6. The average Bonchev–Trinajstić information content (AvgIpc) is 2.59. The van der Waals surface area contributed by atoms with E-state index in [1.54, 1.807) is 0 Å². The summed E-state index contributed by atoms with van der Waals surface area (Å²) in [6.45, 7) is -0.201. The van der Waals surface area contributed by atoms with Crippen LogP contribution in [0.4, 0.5) is 26.3 Å². The smallest absolute Gasteiger partial charge is 0.419 e. The number of phenols is 1. The molecule has 2 aromatic rings. The van der Waals surface area contributed by atoms with Gasteiger partial charge >= 0.3 is 12.4 Å². The van der Waals surface area contributed by atoms with E-state index < -0.39 is 29.2 Å². The molecule has 0 aromatic heterocycles. The number of ether oxygens (including phenoxy) is 2. The highest BCUT2D eigenvalue weighted by atomic mass is 19.4. The number of carbonyl (C=O) groups is 1. The maximum Gasteiger partial charge on any atom is 0.419 e. The number of carbonyl (C=O) groups excluding carboxylic acids is 1. The Hall–Kier alpha value is -2.75. The van der Waals surface area contributed by atoms with Crippen LogP contribution in [0.25, 0.3) is 0 Å². The Kier molecular flexibility index (Phi) is 7.65. The van der Waals surface area contributed by atoms with E-state index in [-0.39, 0.29) is 24.4 Å². The Morgan fingerprint density at radius 2 is 1.48 bits per heavy atom. The highest BCUT2D eigenvalue weighted by molar-refractivity contribution is 5.80. The zero-order valence-corrected chi connectivity index (χ0v) is 13.8. The molecule has 4 nitrogen and oxygen atoms in total. The molecule has 0 amide bonds. The van der Waals surface area contributed by atoms with Crippen LogP contribution in [0.2, 0.25) is 0 Å². The van der Waals surface area contributed by atoms with E-state index in [1.807, 2.05) is 0 Å². The van der Waals surface area contributed by atoms with Gasteiger partial charge in [-0.05, 0) is 24.3 Å². The molecular formula is C17H14F6O4. The molecule has 2 aromatic carbocycles. The van der Waals surface area contributed by atoms with Crippen molar-refractivity contribution in [3.05, 3.63) is 59.2 Å². The van der Waals surface area contributed by atoms with Gasteiger partial charge in [0.2, 0.25) is 0 Å². The predicted molar refractivity (Wildman–Crippen MR) is 82.4 cm³/mol. The van der Waals surface area contributed by atoms with E-state index in [0.29, 0.717) is 6.07 Å². The normalized spacial score (nSPS) is 11.4. The van der Waals surface area contributed by atoms with Gasteiger partial charge in [0.15, 0.2) is 13.1 Å². The zero-order chi connectivity index (χ0) is 20.7. The third-order valence-corrected chi connectivity index (χ3v) is 3.02. The standard InChI is InChI=1S/C9H9F3O2.C8H5F3O2/c1-13-6-14-8-5-3-2-4-7(8)9(10,11)12;9-8(10,11)6-3-1-2-5(4-12)7(6)13/h2-5H,6H2,1H3;1-4,13H. The number of aromatic hydroxyl groups is 1. The minimum absolute atomic E-state index is 0.171. The minimum atomic E-state index is -4.64. The second kappa shape index (κ2) is 9.26. The van der Waals surface area contributed by atoms with Gasteiger partial charge in [-0.1, -0.05) is 18.2 Å². The maximum absolute atomic E-state index is 12.4. The Morgan fingerprint density at radius 1 is 0.926 bits per heavy atom. The topological polar surface area (TPSA) is 55.8 Å². The first-order valence-corrected chi connectivity index (χ1v) is 7.14. The van der Waals surface area contributed by atoms with Gasteiger partial charge in [0.25, 0.3) is 0 Å². The SMILES string of the molecule is COCOc1ccccc1C(F)(F)F.O=Cc1cccc(C(F)(F)F)c1O. The Balaban J connectivity index is 0.000000271. The van der Waals surface area contributed by atoms with Crippen LogP contribution in [-0.2, 0) is 17.1 Å². The molecule has 0 radical (unpaired) electrons. The molecule has 148 valence electrons. The van der Waals surface area contributed by atoms with Crippen molar-refractivity contribution in [1.29, 1.82) is 0 Å². The summed E-state index contributed by atoms with van der Waals surface area (Å²) in [6, 6.07) is 7.88. The molecule has 0 fully saturated rings. The van der Waals surface area contributed by atoms with E-state index in [1.165, 1.54) is 25.3 Å². The lowest BCUT2D eigenvalue weighted by Gasteiger charge is -2.12. The van der Waals surface area contributed by atoms with Gasteiger partial charge in [0.1, 0.15) is 11.5 Å². The summed E-state index contributed by atoms with van der Waals surface area (Å²) in [5.41, 5.74) is -2.36. The molecule has 0 saturated heterocycles. The van der Waals surface area contributed by atoms with E-state index in [4.69, 9.17) is 9.84 Å². The number of hydrogen-bond donors (Lipinski definition) is 1. The molecule has 0 aliphatic rings. The van der Waals surface area contributed by atoms with Crippen molar-refractivity contribution >= 4 is 6.29 Å². The van der Waals surface area contributed by atoms with Crippen molar-refractivity contribution in [2.24, 2.45) is 0 Å². The van der Waals surface area contributed by atoms with Gasteiger partial charge in [0, 0.05) is 7.11 Å². The van der Waals surface area contributed by atoms with Crippen LogP contribution < -0.4 is 4.74 Å². The zero-order valence-electron chi connectivity index (χ0n) is 13.8. The van der Waals surface area contributed by atoms with Crippen LogP contribution in [0.15, 0.2) is 42.5 Å². The number of hydrogen-bond acceptors (Lipinski definition) is 4. The van der Waals surface area contributed by atoms with Crippen LogP contribution >= 0.6 is 0 Å². The maximum atomic E-state index is 12.4. The summed E-state index contributed by atoms with van der Waals surface area (Å²) in [5, 5.41) is 8.97. The Morgan fingerprint density at radius 3 is 2.00 bits per heavy atom. The minimum Gasteiger partial charge on any atom is -0.507 e. The summed E-state index contributed by atoms with van der Waals surface area (Å²) in [4.78, 5) is 10.2. The van der Waals surface area contributed by atoms with Crippen molar-refractivity contribution in [1.82, 2.24) is 0 Å². The molecule has 0 spiro atoms. The van der Waals surface area contributed by atoms with Crippen LogP contribution in [0.1, 0.15) is 21.5 Å². The van der Waals surface area contributed by atoms with E-state index >= 15 is 0 Å². The first-order chi connectivity index (χ1) is 12.5. The van der Waals surface area contributed by atoms with Crippen molar-refractivity contribution in [2.75, 3.05) is 13.9 Å². The molecule has 2 rings (SSSR count). The fourth-order valence-corrected chi connectivity index (χ4v) is 1.83. The number of alkyl halides is 6. The molecular weight excluding hydrogens is 382 g/mol. The Bertz CT molecular complexity index is 756. The van der Waals surface area contributed by atoms with Crippen LogP contribution in [0.3, 0.4) is 0 Å². The molecule has 10 heteroatoms. The second-order valence-electron chi connectivity index (χ2n) is 4.90.